The summed E-state index contributed by atoms with van der Waals surface area (Å²) < 4.78 is 1.72. The van der Waals surface area contributed by atoms with E-state index in [0.717, 1.165) is 36.1 Å². The van der Waals surface area contributed by atoms with Crippen molar-refractivity contribution in [2.45, 2.75) is 73.3 Å². The number of para-hydroxylation sites is 1. The summed E-state index contributed by atoms with van der Waals surface area (Å²) >= 11 is 0. The molecule has 0 fully saturated rings. The van der Waals surface area contributed by atoms with Gasteiger partial charge in [0.05, 0.1) is 22.6 Å². The predicted octanol–water partition coefficient (Wildman–Crippen LogP) is 6.13. The van der Waals surface area contributed by atoms with Crippen LogP contribution < -0.4 is 5.56 Å². The number of aromatic nitrogens is 2. The molecule has 5 heteroatoms. The van der Waals surface area contributed by atoms with Crippen molar-refractivity contribution in [3.05, 3.63) is 69.8 Å². The Labute approximate surface area is 197 Å². The van der Waals surface area contributed by atoms with Crippen LogP contribution in [0.1, 0.15) is 76.4 Å². The zero-order valence-corrected chi connectivity index (χ0v) is 20.9. The van der Waals surface area contributed by atoms with Gasteiger partial charge in [-0.1, -0.05) is 57.0 Å². The van der Waals surface area contributed by atoms with Crippen molar-refractivity contribution >= 4 is 16.8 Å². The highest BCUT2D eigenvalue weighted by molar-refractivity contribution is 5.79. The maximum absolute atomic E-state index is 13.7. The molecule has 0 radical (unpaired) electrons. The number of carbonyl (C=O) groups is 1. The van der Waals surface area contributed by atoms with Gasteiger partial charge in [0.25, 0.3) is 5.56 Å². The number of carbonyl (C=O) groups excluding carboxylic acids is 1. The highest BCUT2D eigenvalue weighted by Crippen LogP contribution is 2.26. The van der Waals surface area contributed by atoms with Crippen LogP contribution in [0.3, 0.4) is 0 Å². The van der Waals surface area contributed by atoms with Gasteiger partial charge in [-0.2, -0.15) is 0 Å². The summed E-state index contributed by atoms with van der Waals surface area (Å²) in [7, 11) is 0. The normalized spacial score (nSPS) is 12.3. The van der Waals surface area contributed by atoms with Gasteiger partial charge >= 0.3 is 0 Å². The molecule has 0 N–H and O–H groups in total. The smallest absolute Gasteiger partial charge is 0.266 e. The number of unbranched alkanes of at least 4 members (excludes halogenated alkanes) is 1. The van der Waals surface area contributed by atoms with Crippen LogP contribution in [-0.4, -0.2) is 26.9 Å². The van der Waals surface area contributed by atoms with Gasteiger partial charge in [0.2, 0.25) is 5.91 Å². The third kappa shape index (κ3) is 5.52. The molecule has 0 saturated carbocycles. The Morgan fingerprint density at radius 2 is 1.82 bits per heavy atom. The molecule has 0 saturated heterocycles. The number of amides is 1. The Morgan fingerprint density at radius 3 is 2.48 bits per heavy atom. The minimum atomic E-state index is -0.328. The van der Waals surface area contributed by atoms with Gasteiger partial charge in [-0.3, -0.25) is 14.2 Å². The first-order chi connectivity index (χ1) is 15.7. The SMILES string of the molecule is CCCCC(=O)N(CCC(C)C)C(C)c1nc2ccccc2c(=O)n1-c1ccc(C)cc1C. The molecule has 176 valence electrons. The Hall–Kier alpha value is -2.95. The molecule has 3 rings (SSSR count). The van der Waals surface area contributed by atoms with Crippen LogP contribution in [0.5, 0.6) is 0 Å². The molecule has 5 nitrogen and oxygen atoms in total. The second kappa shape index (κ2) is 10.8. The van der Waals surface area contributed by atoms with Crippen molar-refractivity contribution < 1.29 is 4.79 Å². The van der Waals surface area contributed by atoms with Crippen molar-refractivity contribution in [2.75, 3.05) is 6.54 Å². The largest absolute Gasteiger partial charge is 0.333 e. The van der Waals surface area contributed by atoms with Crippen molar-refractivity contribution in [1.29, 1.82) is 0 Å². The van der Waals surface area contributed by atoms with E-state index in [4.69, 9.17) is 4.98 Å². The van der Waals surface area contributed by atoms with E-state index in [1.54, 1.807) is 4.57 Å². The lowest BCUT2D eigenvalue weighted by molar-refractivity contribution is -0.133. The second-order valence-electron chi connectivity index (χ2n) is 9.47. The Kier molecular flexibility index (Phi) is 8.06. The summed E-state index contributed by atoms with van der Waals surface area (Å²) in [6.07, 6.45) is 3.25. The molecule has 1 amide bonds. The lowest BCUT2D eigenvalue weighted by Gasteiger charge is -2.31. The third-order valence-corrected chi connectivity index (χ3v) is 6.25. The van der Waals surface area contributed by atoms with E-state index >= 15 is 0 Å². The van der Waals surface area contributed by atoms with Gasteiger partial charge in [0.1, 0.15) is 5.82 Å². The lowest BCUT2D eigenvalue weighted by atomic mass is 10.1. The van der Waals surface area contributed by atoms with Crippen LogP contribution in [0.2, 0.25) is 0 Å². The summed E-state index contributed by atoms with van der Waals surface area (Å²) in [6, 6.07) is 13.2. The molecule has 1 heterocycles. The van der Waals surface area contributed by atoms with E-state index in [1.165, 1.54) is 0 Å². The molecular weight excluding hydrogens is 410 g/mol. The third-order valence-electron chi connectivity index (χ3n) is 6.25. The summed E-state index contributed by atoms with van der Waals surface area (Å²) in [5.41, 5.74) is 3.53. The number of nitrogens with zero attached hydrogens (tertiary/aromatic N) is 3. The maximum Gasteiger partial charge on any atom is 0.266 e. The van der Waals surface area contributed by atoms with Crippen molar-refractivity contribution in [1.82, 2.24) is 14.5 Å². The molecule has 2 aromatic carbocycles. The summed E-state index contributed by atoms with van der Waals surface area (Å²) in [5, 5.41) is 0.583. The Balaban J connectivity index is 2.21. The fraction of sp³-hybridized carbons (Fsp3) is 0.464. The second-order valence-corrected chi connectivity index (χ2v) is 9.47. The number of rotatable bonds is 9. The number of hydrogen-bond donors (Lipinski definition) is 0. The summed E-state index contributed by atoms with van der Waals surface area (Å²) in [6.45, 7) is 13.1. The molecule has 1 atom stereocenters. The quantitative estimate of drug-likeness (QED) is 0.396. The molecule has 1 aromatic heterocycles. The average Bonchev–Trinajstić information content (AvgIpc) is 2.78. The van der Waals surface area contributed by atoms with Gasteiger partial charge in [0, 0.05) is 13.0 Å². The molecule has 0 bridgehead atoms. The van der Waals surface area contributed by atoms with Gasteiger partial charge < -0.3 is 4.90 Å². The van der Waals surface area contributed by atoms with E-state index in [0.29, 0.717) is 35.6 Å². The molecule has 0 aliphatic carbocycles. The average molecular weight is 448 g/mol. The summed E-state index contributed by atoms with van der Waals surface area (Å²) in [4.78, 5) is 33.9. The van der Waals surface area contributed by atoms with Crippen molar-refractivity contribution in [2.24, 2.45) is 5.92 Å². The maximum atomic E-state index is 13.7. The molecule has 0 spiro atoms. The van der Waals surface area contributed by atoms with Crippen molar-refractivity contribution in [3.8, 4) is 5.69 Å². The Morgan fingerprint density at radius 1 is 1.09 bits per heavy atom. The van der Waals surface area contributed by atoms with Gasteiger partial charge in [-0.05, 0) is 63.3 Å². The van der Waals surface area contributed by atoms with Crippen LogP contribution in [0.15, 0.2) is 47.3 Å². The number of fused-ring (bicyclic) bond motifs is 1. The van der Waals surface area contributed by atoms with Crippen LogP contribution >= 0.6 is 0 Å². The van der Waals surface area contributed by atoms with E-state index < -0.39 is 0 Å². The number of hydrogen-bond acceptors (Lipinski definition) is 3. The van der Waals surface area contributed by atoms with E-state index in [-0.39, 0.29) is 17.5 Å². The van der Waals surface area contributed by atoms with Crippen LogP contribution in [0.25, 0.3) is 16.6 Å². The van der Waals surface area contributed by atoms with Gasteiger partial charge in [0.15, 0.2) is 0 Å². The minimum Gasteiger partial charge on any atom is -0.333 e. The first-order valence-corrected chi connectivity index (χ1v) is 12.1. The fourth-order valence-corrected chi connectivity index (χ4v) is 4.26. The van der Waals surface area contributed by atoms with Crippen molar-refractivity contribution in [3.63, 3.8) is 0 Å². The molecule has 3 aromatic rings. The Bertz CT molecular complexity index is 1180. The minimum absolute atomic E-state index is 0.0979. The van der Waals surface area contributed by atoms with Gasteiger partial charge in [-0.25, -0.2) is 4.98 Å². The monoisotopic (exact) mass is 447 g/mol. The topological polar surface area (TPSA) is 55.2 Å². The summed E-state index contributed by atoms with van der Waals surface area (Å²) in [5.74, 6) is 1.21. The molecule has 0 aliphatic rings. The zero-order valence-electron chi connectivity index (χ0n) is 20.9. The molecule has 1 unspecified atom stereocenters. The van der Waals surface area contributed by atoms with Crippen LogP contribution in [0.4, 0.5) is 0 Å². The van der Waals surface area contributed by atoms with Crippen LogP contribution in [-0.2, 0) is 4.79 Å². The first-order valence-electron chi connectivity index (χ1n) is 12.1. The standard InChI is InChI=1S/C28H37N3O2/c1-7-8-13-26(32)30(17-16-19(2)3)22(6)27-29-24-12-10-9-11-23(24)28(33)31(27)25-15-14-20(4)18-21(25)5/h9-12,14-15,18-19,22H,7-8,13,16-17H2,1-6H3. The zero-order chi connectivity index (χ0) is 24.1. The lowest BCUT2D eigenvalue weighted by Crippen LogP contribution is -2.38. The van der Waals surface area contributed by atoms with E-state index in [1.807, 2.05) is 62.1 Å². The molecule has 0 aliphatic heterocycles. The van der Waals surface area contributed by atoms with E-state index in [9.17, 15) is 9.59 Å². The fourth-order valence-electron chi connectivity index (χ4n) is 4.26. The predicted molar refractivity (Wildman–Crippen MR) is 136 cm³/mol. The van der Waals surface area contributed by atoms with E-state index in [2.05, 4.69) is 26.8 Å². The number of aryl methyl sites for hydroxylation is 2. The van der Waals surface area contributed by atoms with Gasteiger partial charge in [-0.15, -0.1) is 0 Å². The molecular formula is C28H37N3O2. The highest BCUT2D eigenvalue weighted by Gasteiger charge is 2.27. The highest BCUT2D eigenvalue weighted by atomic mass is 16.2. The van der Waals surface area contributed by atoms with Crippen LogP contribution in [0, 0.1) is 19.8 Å². The first kappa shape index (κ1) is 24.7. The molecule has 33 heavy (non-hydrogen) atoms. The number of benzene rings is 2.